The molecule has 11 heteroatoms. The highest BCUT2D eigenvalue weighted by Gasteiger charge is 2.58. The van der Waals surface area contributed by atoms with E-state index in [2.05, 4.69) is 15.8 Å². The van der Waals surface area contributed by atoms with Crippen molar-refractivity contribution in [2.75, 3.05) is 13.2 Å². The van der Waals surface area contributed by atoms with Crippen LogP contribution in [0.3, 0.4) is 0 Å². The molecule has 0 bridgehead atoms. The number of hydrogen-bond donors (Lipinski definition) is 2. The molecule has 2 amide bonds. The predicted molar refractivity (Wildman–Crippen MR) is 112 cm³/mol. The zero-order chi connectivity index (χ0) is 23.1. The summed E-state index contributed by atoms with van der Waals surface area (Å²) in [6.45, 7) is -0.492. The molecule has 2 aromatic carbocycles. The van der Waals surface area contributed by atoms with Gasteiger partial charge in [-0.15, -0.1) is 0 Å². The fraction of sp³-hybridized carbons (Fsp3) is 0.286. The molecule has 0 aliphatic carbocycles. The molecule has 0 saturated carbocycles. The molecule has 2 atom stereocenters. The first-order chi connectivity index (χ1) is 15.1. The standard InChI is InChI=1S/C21H16Cl2F3N3O3/c22-14-5-13(6-15(23)7-14)20(21(24,25)26)8-16(27-10-20)11-1-3-12(4-2-11)18(30)28-17-9-32-29-19(17)31/h1-7,17H,8-10H2,(H,28,30)(H,29,31)/t17-,20?/m1/s1. The van der Waals surface area contributed by atoms with E-state index in [0.29, 0.717) is 5.56 Å². The first kappa shape index (κ1) is 22.6. The Morgan fingerprint density at radius 1 is 1.16 bits per heavy atom. The first-order valence-electron chi connectivity index (χ1n) is 9.49. The minimum Gasteiger partial charge on any atom is -0.338 e. The van der Waals surface area contributed by atoms with Crippen molar-refractivity contribution < 1.29 is 27.6 Å². The Bertz CT molecular complexity index is 1090. The molecule has 32 heavy (non-hydrogen) atoms. The van der Waals surface area contributed by atoms with Crippen LogP contribution in [0, 0.1) is 0 Å². The normalized spacial score (nSPS) is 23.1. The van der Waals surface area contributed by atoms with Gasteiger partial charge in [0.2, 0.25) is 0 Å². The Morgan fingerprint density at radius 2 is 1.81 bits per heavy atom. The third kappa shape index (κ3) is 4.20. The quantitative estimate of drug-likeness (QED) is 0.690. The van der Waals surface area contributed by atoms with E-state index in [1.54, 1.807) is 0 Å². The number of carbonyl (C=O) groups is 2. The highest BCUT2D eigenvalue weighted by atomic mass is 35.5. The minimum atomic E-state index is -4.59. The highest BCUT2D eigenvalue weighted by molar-refractivity contribution is 6.34. The van der Waals surface area contributed by atoms with Crippen molar-refractivity contribution in [2.24, 2.45) is 4.99 Å². The van der Waals surface area contributed by atoms with E-state index in [9.17, 15) is 22.8 Å². The van der Waals surface area contributed by atoms with Crippen molar-refractivity contribution >= 4 is 40.7 Å². The average molecular weight is 486 g/mol. The minimum absolute atomic E-state index is 0.00646. The van der Waals surface area contributed by atoms with Gasteiger partial charge in [-0.05, 0) is 41.5 Å². The maximum absolute atomic E-state index is 14.2. The van der Waals surface area contributed by atoms with Gasteiger partial charge in [-0.1, -0.05) is 35.3 Å². The monoisotopic (exact) mass is 485 g/mol. The van der Waals surface area contributed by atoms with Crippen molar-refractivity contribution in [1.82, 2.24) is 10.8 Å². The molecule has 2 aliphatic rings. The summed E-state index contributed by atoms with van der Waals surface area (Å²) in [5.74, 6) is -0.964. The van der Waals surface area contributed by atoms with Gasteiger partial charge in [0.1, 0.15) is 18.1 Å². The molecular weight excluding hydrogens is 470 g/mol. The molecule has 6 nitrogen and oxygen atoms in total. The SMILES string of the molecule is O=C(N[C@@H]1CONC1=O)c1ccc(C2=NCC(c3cc(Cl)cc(Cl)c3)(C(F)(F)F)C2)cc1. The van der Waals surface area contributed by atoms with Gasteiger partial charge in [0.25, 0.3) is 11.8 Å². The lowest BCUT2D eigenvalue weighted by Crippen LogP contribution is -2.43. The summed E-state index contributed by atoms with van der Waals surface area (Å²) in [6.07, 6.45) is -4.98. The van der Waals surface area contributed by atoms with Crippen LogP contribution in [0.5, 0.6) is 0 Å². The summed E-state index contributed by atoms with van der Waals surface area (Å²) in [7, 11) is 0. The Hall–Kier alpha value is -2.62. The van der Waals surface area contributed by atoms with Crippen LogP contribution in [0.4, 0.5) is 13.2 Å². The predicted octanol–water partition coefficient (Wildman–Crippen LogP) is 3.85. The van der Waals surface area contributed by atoms with Gasteiger partial charge < -0.3 is 5.32 Å². The second-order valence-electron chi connectivity index (χ2n) is 7.56. The van der Waals surface area contributed by atoms with Crippen molar-refractivity contribution in [3.05, 3.63) is 69.2 Å². The van der Waals surface area contributed by atoms with E-state index in [-0.39, 0.29) is 33.5 Å². The Labute approximate surface area is 190 Å². The Morgan fingerprint density at radius 3 is 2.38 bits per heavy atom. The summed E-state index contributed by atoms with van der Waals surface area (Å²) in [4.78, 5) is 32.7. The van der Waals surface area contributed by atoms with Crippen LogP contribution < -0.4 is 10.8 Å². The fourth-order valence-electron chi connectivity index (χ4n) is 3.70. The van der Waals surface area contributed by atoms with Crippen LogP contribution in [-0.2, 0) is 15.0 Å². The number of rotatable bonds is 4. The fourth-order valence-corrected chi connectivity index (χ4v) is 4.23. The number of amides is 2. The highest BCUT2D eigenvalue weighted by Crippen LogP contribution is 2.48. The number of hydrogen-bond acceptors (Lipinski definition) is 4. The van der Waals surface area contributed by atoms with E-state index in [1.165, 1.54) is 42.5 Å². The molecule has 168 valence electrons. The van der Waals surface area contributed by atoms with Gasteiger partial charge in [-0.25, -0.2) is 5.48 Å². The van der Waals surface area contributed by atoms with E-state index in [0.717, 1.165) is 0 Å². The van der Waals surface area contributed by atoms with Crippen molar-refractivity contribution in [1.29, 1.82) is 0 Å². The lowest BCUT2D eigenvalue weighted by Gasteiger charge is -2.31. The van der Waals surface area contributed by atoms with Crippen LogP contribution >= 0.6 is 23.2 Å². The summed E-state index contributed by atoms with van der Waals surface area (Å²) < 4.78 is 42.6. The number of halogens is 5. The zero-order valence-electron chi connectivity index (χ0n) is 16.3. The first-order valence-corrected chi connectivity index (χ1v) is 10.2. The summed E-state index contributed by atoms with van der Waals surface area (Å²) in [5.41, 5.74) is 0.806. The molecule has 0 spiro atoms. The van der Waals surface area contributed by atoms with Crippen molar-refractivity contribution in [3.63, 3.8) is 0 Å². The van der Waals surface area contributed by atoms with E-state index < -0.39 is 42.4 Å². The summed E-state index contributed by atoms with van der Waals surface area (Å²) in [6, 6.07) is 9.06. The lowest BCUT2D eigenvalue weighted by atomic mass is 9.76. The number of nitrogens with one attached hydrogen (secondary N) is 2. The number of benzene rings is 2. The third-order valence-electron chi connectivity index (χ3n) is 5.49. The van der Waals surface area contributed by atoms with Crippen LogP contribution in [0.15, 0.2) is 47.5 Å². The third-order valence-corrected chi connectivity index (χ3v) is 5.93. The summed E-state index contributed by atoms with van der Waals surface area (Å²) in [5, 5.41) is 2.74. The summed E-state index contributed by atoms with van der Waals surface area (Å²) >= 11 is 11.9. The topological polar surface area (TPSA) is 79.8 Å². The number of aliphatic imine (C=N–C) groups is 1. The smallest absolute Gasteiger partial charge is 0.338 e. The van der Waals surface area contributed by atoms with Crippen molar-refractivity contribution in [3.8, 4) is 0 Å². The number of hydroxylamine groups is 1. The van der Waals surface area contributed by atoms with E-state index in [1.807, 2.05) is 0 Å². The lowest BCUT2D eigenvalue weighted by molar-refractivity contribution is -0.183. The van der Waals surface area contributed by atoms with Crippen LogP contribution in [0.2, 0.25) is 10.0 Å². The van der Waals surface area contributed by atoms with Gasteiger partial charge in [0.15, 0.2) is 0 Å². The maximum Gasteiger partial charge on any atom is 0.400 e. The van der Waals surface area contributed by atoms with Crippen molar-refractivity contribution in [2.45, 2.75) is 24.1 Å². The Balaban J connectivity index is 1.55. The van der Waals surface area contributed by atoms with Gasteiger partial charge in [-0.3, -0.25) is 19.4 Å². The van der Waals surface area contributed by atoms with Gasteiger partial charge in [-0.2, -0.15) is 13.2 Å². The van der Waals surface area contributed by atoms with Crippen LogP contribution in [0.1, 0.15) is 27.9 Å². The average Bonchev–Trinajstić information content (AvgIpc) is 3.35. The molecular formula is C21H16Cl2F3N3O3. The largest absolute Gasteiger partial charge is 0.400 e. The van der Waals surface area contributed by atoms with Gasteiger partial charge in [0, 0.05) is 27.7 Å². The maximum atomic E-state index is 14.2. The molecule has 0 radical (unpaired) electrons. The zero-order valence-corrected chi connectivity index (χ0v) is 17.8. The molecule has 2 aliphatic heterocycles. The molecule has 2 heterocycles. The molecule has 1 unspecified atom stereocenters. The number of alkyl halides is 3. The van der Waals surface area contributed by atoms with E-state index in [4.69, 9.17) is 28.0 Å². The number of nitrogens with zero attached hydrogens (tertiary/aromatic N) is 1. The molecule has 0 aromatic heterocycles. The van der Waals surface area contributed by atoms with Crippen LogP contribution in [0.25, 0.3) is 0 Å². The molecule has 2 N–H and O–H groups in total. The second kappa shape index (κ2) is 8.38. The number of carbonyl (C=O) groups excluding carboxylic acids is 2. The van der Waals surface area contributed by atoms with E-state index >= 15 is 0 Å². The Kier molecular flexibility index (Phi) is 5.91. The van der Waals surface area contributed by atoms with Crippen LogP contribution in [-0.4, -0.2) is 42.9 Å². The van der Waals surface area contributed by atoms with Gasteiger partial charge >= 0.3 is 6.18 Å². The molecule has 1 saturated heterocycles. The second-order valence-corrected chi connectivity index (χ2v) is 8.43. The molecule has 1 fully saturated rings. The molecule has 4 rings (SSSR count). The molecule has 2 aromatic rings. The van der Waals surface area contributed by atoms with Gasteiger partial charge in [0.05, 0.1) is 6.54 Å².